The molecule has 0 aromatic rings. The zero-order chi connectivity index (χ0) is 8.48. The van der Waals surface area contributed by atoms with E-state index in [0.717, 1.165) is 5.57 Å². The van der Waals surface area contributed by atoms with E-state index in [1.807, 2.05) is 0 Å². The van der Waals surface area contributed by atoms with Crippen molar-refractivity contribution < 1.29 is 15.0 Å². The summed E-state index contributed by atoms with van der Waals surface area (Å²) >= 11 is 0. The minimum Gasteiger partial charge on any atom is -0.393 e. The molecule has 0 bridgehead atoms. The first kappa shape index (κ1) is 8.17. The molecular weight excluding hydrogens is 144 g/mol. The van der Waals surface area contributed by atoms with E-state index in [1.54, 1.807) is 13.0 Å². The molecule has 1 aliphatic carbocycles. The third-order valence-electron chi connectivity index (χ3n) is 1.63. The van der Waals surface area contributed by atoms with Gasteiger partial charge < -0.3 is 10.2 Å². The lowest BCUT2D eigenvalue weighted by Gasteiger charge is -2.21. The summed E-state index contributed by atoms with van der Waals surface area (Å²) in [4.78, 5) is 11.0. The number of rotatable bonds is 1. The highest BCUT2D eigenvalue weighted by Crippen LogP contribution is 2.17. The Labute approximate surface area is 64.7 Å². The van der Waals surface area contributed by atoms with E-state index in [-0.39, 0.29) is 0 Å². The van der Waals surface area contributed by atoms with Crippen LogP contribution in [0.2, 0.25) is 0 Å². The molecule has 1 atom stereocenters. The van der Waals surface area contributed by atoms with Gasteiger partial charge in [-0.05, 0) is 19.1 Å². The van der Waals surface area contributed by atoms with E-state index in [1.165, 1.54) is 12.2 Å². The number of hydrogen-bond acceptors (Lipinski definition) is 3. The van der Waals surface area contributed by atoms with Crippen LogP contribution in [0.3, 0.4) is 0 Å². The lowest BCUT2D eigenvalue weighted by molar-refractivity contribution is -0.131. The molecule has 0 saturated heterocycles. The fourth-order valence-electron chi connectivity index (χ4n) is 0.971. The molecule has 0 radical (unpaired) electrons. The zero-order valence-corrected chi connectivity index (χ0v) is 6.24. The molecule has 3 nitrogen and oxygen atoms in total. The van der Waals surface area contributed by atoms with Gasteiger partial charge in [-0.1, -0.05) is 11.6 Å². The molecule has 0 fully saturated rings. The molecule has 0 heterocycles. The molecule has 2 N–H and O–H groups in total. The molecule has 1 rings (SSSR count). The van der Waals surface area contributed by atoms with E-state index in [0.29, 0.717) is 0 Å². The Hall–Kier alpha value is -0.930. The molecule has 0 aliphatic heterocycles. The summed E-state index contributed by atoms with van der Waals surface area (Å²) < 4.78 is 0. The molecule has 1 aliphatic rings. The van der Waals surface area contributed by atoms with Crippen LogP contribution < -0.4 is 0 Å². The van der Waals surface area contributed by atoms with Crippen LogP contribution in [0.5, 0.6) is 0 Å². The lowest BCUT2D eigenvalue weighted by Crippen LogP contribution is -2.40. The largest absolute Gasteiger partial charge is 0.393 e. The zero-order valence-electron chi connectivity index (χ0n) is 6.24. The van der Waals surface area contributed by atoms with Crippen molar-refractivity contribution in [3.63, 3.8) is 0 Å². The highest BCUT2D eigenvalue weighted by molar-refractivity contribution is 6.00. The van der Waals surface area contributed by atoms with Crippen LogP contribution in [0.1, 0.15) is 6.92 Å². The normalized spacial score (nSPS) is 30.5. The van der Waals surface area contributed by atoms with E-state index in [9.17, 15) is 9.90 Å². The molecule has 11 heavy (non-hydrogen) atoms. The van der Waals surface area contributed by atoms with Gasteiger partial charge in [0, 0.05) is 0 Å². The first-order valence-electron chi connectivity index (χ1n) is 3.34. The number of carbonyl (C=O) groups excluding carboxylic acids is 1. The average Bonchev–Trinajstić information content (AvgIpc) is 1.98. The number of ketones is 1. The van der Waals surface area contributed by atoms with Crippen LogP contribution in [0, 0.1) is 0 Å². The molecular formula is C8H10O3. The van der Waals surface area contributed by atoms with E-state index >= 15 is 0 Å². The molecule has 60 valence electrons. The second-order valence-corrected chi connectivity index (χ2v) is 2.67. The van der Waals surface area contributed by atoms with Crippen LogP contribution >= 0.6 is 0 Å². The molecule has 0 saturated carbocycles. The molecule has 0 aromatic heterocycles. The second-order valence-electron chi connectivity index (χ2n) is 2.67. The Morgan fingerprint density at radius 3 is 2.64 bits per heavy atom. The highest BCUT2D eigenvalue weighted by atomic mass is 16.3. The Kier molecular flexibility index (Phi) is 1.93. The summed E-state index contributed by atoms with van der Waals surface area (Å²) in [6, 6.07) is 0. The van der Waals surface area contributed by atoms with Gasteiger partial charge in [-0.2, -0.15) is 0 Å². The molecule has 0 spiro atoms. The first-order chi connectivity index (χ1) is 5.08. The minimum atomic E-state index is -1.68. The molecule has 0 amide bonds. The third-order valence-corrected chi connectivity index (χ3v) is 1.63. The summed E-state index contributed by atoms with van der Waals surface area (Å²) in [5, 5.41) is 18.1. The third kappa shape index (κ3) is 1.39. The maximum absolute atomic E-state index is 11.0. The average molecular weight is 154 g/mol. The number of aliphatic hydroxyl groups is 2. The van der Waals surface area contributed by atoms with Crippen molar-refractivity contribution in [1.82, 2.24) is 0 Å². The van der Waals surface area contributed by atoms with E-state index in [4.69, 9.17) is 5.11 Å². The summed E-state index contributed by atoms with van der Waals surface area (Å²) in [7, 11) is 0. The van der Waals surface area contributed by atoms with Crippen LogP contribution in [0.15, 0.2) is 23.8 Å². The van der Waals surface area contributed by atoms with Gasteiger partial charge in [0.05, 0.1) is 6.61 Å². The Balaban J connectivity index is 2.98. The Morgan fingerprint density at radius 1 is 1.55 bits per heavy atom. The van der Waals surface area contributed by atoms with E-state index in [2.05, 4.69) is 0 Å². The number of allylic oxidation sites excluding steroid dienone is 2. The van der Waals surface area contributed by atoms with Crippen LogP contribution in [0.4, 0.5) is 0 Å². The smallest absolute Gasteiger partial charge is 0.193 e. The SMILES string of the molecule is CC1=CC(O)(CO)C(=O)C=C1. The quantitative estimate of drug-likeness (QED) is 0.549. The van der Waals surface area contributed by atoms with Gasteiger partial charge in [0.25, 0.3) is 0 Å². The maximum Gasteiger partial charge on any atom is 0.193 e. The fourth-order valence-corrected chi connectivity index (χ4v) is 0.971. The summed E-state index contributed by atoms with van der Waals surface area (Å²) in [5.74, 6) is -0.467. The summed E-state index contributed by atoms with van der Waals surface area (Å²) in [6.07, 6.45) is 4.23. The van der Waals surface area contributed by atoms with Crippen molar-refractivity contribution in [1.29, 1.82) is 0 Å². The fraction of sp³-hybridized carbons (Fsp3) is 0.375. The topological polar surface area (TPSA) is 57.5 Å². The lowest BCUT2D eigenvalue weighted by atomic mass is 9.92. The van der Waals surface area contributed by atoms with Gasteiger partial charge in [0.1, 0.15) is 0 Å². The van der Waals surface area contributed by atoms with E-state index < -0.39 is 18.0 Å². The van der Waals surface area contributed by atoms with Crippen molar-refractivity contribution in [2.45, 2.75) is 12.5 Å². The number of aliphatic hydroxyl groups excluding tert-OH is 1. The minimum absolute atomic E-state index is 0.467. The number of carbonyl (C=O) groups is 1. The van der Waals surface area contributed by atoms with Crippen LogP contribution in [-0.2, 0) is 4.79 Å². The van der Waals surface area contributed by atoms with Crippen LogP contribution in [0.25, 0.3) is 0 Å². The summed E-state index contributed by atoms with van der Waals surface area (Å²) in [6.45, 7) is 1.19. The molecule has 0 aromatic carbocycles. The molecule has 1 unspecified atom stereocenters. The van der Waals surface area contributed by atoms with Gasteiger partial charge in [0.2, 0.25) is 0 Å². The Bertz CT molecular complexity index is 240. The van der Waals surface area contributed by atoms with Crippen molar-refractivity contribution in [3.05, 3.63) is 23.8 Å². The van der Waals surface area contributed by atoms with Gasteiger partial charge in [-0.25, -0.2) is 0 Å². The predicted octanol–water partition coefficient (Wildman–Crippen LogP) is -0.205. The maximum atomic E-state index is 11.0. The van der Waals surface area contributed by atoms with Crippen LogP contribution in [-0.4, -0.2) is 28.2 Å². The van der Waals surface area contributed by atoms with Crippen molar-refractivity contribution >= 4 is 5.78 Å². The van der Waals surface area contributed by atoms with Gasteiger partial charge in [-0.15, -0.1) is 0 Å². The van der Waals surface area contributed by atoms with Gasteiger partial charge >= 0.3 is 0 Å². The standard InChI is InChI=1S/C8H10O3/c1-6-2-3-7(10)8(11,4-6)5-9/h2-4,9,11H,5H2,1H3. The predicted molar refractivity (Wildman–Crippen MR) is 39.9 cm³/mol. The van der Waals surface area contributed by atoms with Gasteiger partial charge in [-0.3, -0.25) is 4.79 Å². The van der Waals surface area contributed by atoms with Crippen molar-refractivity contribution in [2.75, 3.05) is 6.61 Å². The van der Waals surface area contributed by atoms with Crippen molar-refractivity contribution in [3.8, 4) is 0 Å². The monoisotopic (exact) mass is 154 g/mol. The highest BCUT2D eigenvalue weighted by Gasteiger charge is 2.32. The molecule has 3 heteroatoms. The second kappa shape index (κ2) is 2.60. The Morgan fingerprint density at radius 2 is 2.18 bits per heavy atom. The summed E-state index contributed by atoms with van der Waals surface area (Å²) in [5.41, 5.74) is -0.903. The number of hydrogen-bond donors (Lipinski definition) is 2. The van der Waals surface area contributed by atoms with Crippen molar-refractivity contribution in [2.24, 2.45) is 0 Å². The van der Waals surface area contributed by atoms with Gasteiger partial charge in [0.15, 0.2) is 11.4 Å². The first-order valence-corrected chi connectivity index (χ1v) is 3.34.